The van der Waals surface area contributed by atoms with Crippen molar-refractivity contribution in [3.63, 3.8) is 0 Å². The summed E-state index contributed by atoms with van der Waals surface area (Å²) in [5.74, 6) is -1.32. The minimum Gasteiger partial charge on any atom is -0.377 e. The van der Waals surface area contributed by atoms with Crippen LogP contribution >= 0.6 is 40.1 Å². The predicted molar refractivity (Wildman–Crippen MR) is 91.5 cm³/mol. The number of hydrogen-bond acceptors (Lipinski definition) is 4. The molecule has 1 aromatic heterocycles. The van der Waals surface area contributed by atoms with E-state index in [1.807, 2.05) is 17.5 Å². The molecule has 1 aromatic carbocycles. The molecule has 2 N–H and O–H groups in total. The summed E-state index contributed by atoms with van der Waals surface area (Å²) < 4.78 is 25.7. The summed E-state index contributed by atoms with van der Waals surface area (Å²) in [6.07, 6.45) is 1.61. The van der Waals surface area contributed by atoms with Gasteiger partial charge in [-0.2, -0.15) is 5.10 Å². The molecule has 3 nitrogen and oxygen atoms in total. The van der Waals surface area contributed by atoms with Crippen molar-refractivity contribution in [2.75, 3.05) is 0 Å². The smallest absolute Gasteiger partial charge is 0.180 e. The van der Waals surface area contributed by atoms with Gasteiger partial charge in [-0.15, -0.1) is 33.4 Å². The molecular formula is C13H12BrF2N3S2. The van der Waals surface area contributed by atoms with Crippen LogP contribution in [-0.4, -0.2) is 11.4 Å². The Kier molecular flexibility index (Phi) is 7.55. The zero-order valence-electron chi connectivity index (χ0n) is 10.7. The number of amidine groups is 1. The van der Waals surface area contributed by atoms with E-state index in [-0.39, 0.29) is 22.1 Å². The molecule has 0 fully saturated rings. The van der Waals surface area contributed by atoms with Gasteiger partial charge in [0.05, 0.1) is 6.21 Å². The van der Waals surface area contributed by atoms with Crippen LogP contribution in [0, 0.1) is 11.6 Å². The van der Waals surface area contributed by atoms with Crippen LogP contribution in [-0.2, 0) is 5.75 Å². The van der Waals surface area contributed by atoms with Gasteiger partial charge in [-0.25, -0.2) is 8.78 Å². The highest BCUT2D eigenvalue weighted by molar-refractivity contribution is 8.93. The second kappa shape index (κ2) is 8.91. The van der Waals surface area contributed by atoms with Gasteiger partial charge >= 0.3 is 0 Å². The van der Waals surface area contributed by atoms with Crippen molar-refractivity contribution in [2.45, 2.75) is 5.75 Å². The second-order valence-electron chi connectivity index (χ2n) is 3.74. The highest BCUT2D eigenvalue weighted by atomic mass is 79.9. The first-order chi connectivity index (χ1) is 9.65. The van der Waals surface area contributed by atoms with Crippen molar-refractivity contribution >= 4 is 51.5 Å². The third-order valence-electron chi connectivity index (χ3n) is 2.26. The second-order valence-corrected chi connectivity index (χ2v) is 5.71. The van der Waals surface area contributed by atoms with E-state index in [1.54, 1.807) is 17.6 Å². The summed E-state index contributed by atoms with van der Waals surface area (Å²) in [6, 6.07) is 7.57. The Morgan fingerprint density at radius 3 is 2.76 bits per heavy atom. The van der Waals surface area contributed by atoms with E-state index in [9.17, 15) is 8.78 Å². The van der Waals surface area contributed by atoms with Crippen LogP contribution in [0.4, 0.5) is 8.78 Å². The van der Waals surface area contributed by atoms with Crippen LogP contribution in [0.5, 0.6) is 0 Å². The lowest BCUT2D eigenvalue weighted by molar-refractivity contribution is 0.507. The zero-order valence-corrected chi connectivity index (χ0v) is 14.0. The summed E-state index contributed by atoms with van der Waals surface area (Å²) in [7, 11) is 0. The van der Waals surface area contributed by atoms with Crippen LogP contribution in [0.3, 0.4) is 0 Å². The molecule has 0 saturated carbocycles. The number of thioether (sulfide) groups is 1. The normalized spacial score (nSPS) is 11.6. The quantitative estimate of drug-likeness (QED) is 0.482. The Morgan fingerprint density at radius 2 is 2.10 bits per heavy atom. The first kappa shape index (κ1) is 17.8. The maximum Gasteiger partial charge on any atom is 0.180 e. The first-order valence-corrected chi connectivity index (χ1v) is 7.48. The molecule has 0 aliphatic rings. The molecule has 0 bridgehead atoms. The highest BCUT2D eigenvalue weighted by Crippen LogP contribution is 2.15. The topological polar surface area (TPSA) is 50.7 Å². The lowest BCUT2D eigenvalue weighted by Gasteiger charge is -2.01. The van der Waals surface area contributed by atoms with Crippen LogP contribution in [0.2, 0.25) is 0 Å². The predicted octanol–water partition coefficient (Wildman–Crippen LogP) is 4.19. The molecule has 0 radical (unpaired) electrons. The Labute approximate surface area is 139 Å². The summed E-state index contributed by atoms with van der Waals surface area (Å²) in [5, 5.41) is 9.87. The van der Waals surface area contributed by atoms with Gasteiger partial charge in [0.2, 0.25) is 0 Å². The van der Waals surface area contributed by atoms with Gasteiger partial charge in [0.1, 0.15) is 0 Å². The zero-order chi connectivity index (χ0) is 14.4. The molecule has 0 saturated heterocycles. The number of rotatable bonds is 4. The van der Waals surface area contributed by atoms with Crippen molar-refractivity contribution in [1.29, 1.82) is 0 Å². The van der Waals surface area contributed by atoms with Crippen molar-refractivity contribution in [2.24, 2.45) is 15.9 Å². The van der Waals surface area contributed by atoms with E-state index in [2.05, 4.69) is 10.2 Å². The van der Waals surface area contributed by atoms with E-state index in [1.165, 1.54) is 17.8 Å². The Morgan fingerprint density at radius 1 is 1.29 bits per heavy atom. The van der Waals surface area contributed by atoms with Gasteiger partial charge < -0.3 is 5.73 Å². The third-order valence-corrected chi connectivity index (χ3v) is 3.92. The van der Waals surface area contributed by atoms with Gasteiger partial charge in [-0.1, -0.05) is 23.9 Å². The van der Waals surface area contributed by atoms with Gasteiger partial charge in [0.25, 0.3) is 0 Å². The molecule has 0 unspecified atom stereocenters. The van der Waals surface area contributed by atoms with Gasteiger partial charge in [-0.3, -0.25) is 0 Å². The van der Waals surface area contributed by atoms with E-state index in [0.29, 0.717) is 11.3 Å². The number of nitrogens with zero attached hydrogens (tertiary/aromatic N) is 2. The third kappa shape index (κ3) is 5.94. The van der Waals surface area contributed by atoms with Crippen molar-refractivity contribution in [3.8, 4) is 0 Å². The number of halogens is 3. The maximum absolute atomic E-state index is 13.0. The molecule has 2 aromatic rings. The average Bonchev–Trinajstić information content (AvgIpc) is 2.93. The summed E-state index contributed by atoms with van der Waals surface area (Å²) in [6.45, 7) is 0. The van der Waals surface area contributed by atoms with Crippen molar-refractivity contribution < 1.29 is 8.78 Å². The fraction of sp³-hybridized carbons (Fsp3) is 0.0769. The maximum atomic E-state index is 13.0. The number of hydrogen-bond donors (Lipinski definition) is 1. The molecular weight excluding hydrogens is 380 g/mol. The first-order valence-electron chi connectivity index (χ1n) is 5.62. The van der Waals surface area contributed by atoms with Crippen molar-refractivity contribution in [1.82, 2.24) is 0 Å². The molecule has 2 rings (SSSR count). The van der Waals surface area contributed by atoms with Crippen molar-refractivity contribution in [3.05, 3.63) is 57.8 Å². The fourth-order valence-electron chi connectivity index (χ4n) is 1.32. The van der Waals surface area contributed by atoms with E-state index < -0.39 is 11.6 Å². The molecule has 0 aliphatic heterocycles. The van der Waals surface area contributed by atoms with Crippen LogP contribution in [0.1, 0.15) is 10.4 Å². The number of nitrogens with two attached hydrogens (primary N) is 1. The minimum atomic E-state index is -0.866. The van der Waals surface area contributed by atoms with Crippen LogP contribution in [0.25, 0.3) is 0 Å². The number of thiophene rings is 1. The highest BCUT2D eigenvalue weighted by Gasteiger charge is 2.03. The molecule has 21 heavy (non-hydrogen) atoms. The lowest BCUT2D eigenvalue weighted by atomic mass is 10.2. The van der Waals surface area contributed by atoms with Gasteiger partial charge in [-0.05, 0) is 29.1 Å². The van der Waals surface area contributed by atoms with Gasteiger partial charge in [0.15, 0.2) is 16.8 Å². The van der Waals surface area contributed by atoms with E-state index in [4.69, 9.17) is 5.73 Å². The van der Waals surface area contributed by atoms with Gasteiger partial charge in [0, 0.05) is 10.6 Å². The fourth-order valence-corrected chi connectivity index (χ4v) is 2.50. The lowest BCUT2D eigenvalue weighted by Crippen LogP contribution is -2.06. The van der Waals surface area contributed by atoms with Crippen LogP contribution < -0.4 is 5.73 Å². The SMILES string of the molecule is Br.NC(=N/N=C/c1cccs1)SCc1ccc(F)c(F)c1. The largest absolute Gasteiger partial charge is 0.377 e. The Balaban J connectivity index is 0.00000220. The standard InChI is InChI=1S/C13H11F2N3S2.BrH/c14-11-4-3-9(6-12(11)15)8-20-13(16)18-17-7-10-2-1-5-19-10;/h1-7H,8H2,(H2,16,18);1H/b17-7+;. The molecule has 0 aliphatic carbocycles. The summed E-state index contributed by atoms with van der Waals surface area (Å²) in [5.41, 5.74) is 6.30. The summed E-state index contributed by atoms with van der Waals surface area (Å²) >= 11 is 2.75. The molecule has 0 atom stereocenters. The average molecular weight is 392 g/mol. The molecule has 0 amide bonds. The minimum absolute atomic E-state index is 0. The van der Waals surface area contributed by atoms with E-state index >= 15 is 0 Å². The monoisotopic (exact) mass is 391 g/mol. The molecule has 0 spiro atoms. The summed E-state index contributed by atoms with van der Waals surface area (Å²) in [4.78, 5) is 0.979. The number of benzene rings is 1. The van der Waals surface area contributed by atoms with Crippen LogP contribution in [0.15, 0.2) is 45.9 Å². The van der Waals surface area contributed by atoms with E-state index in [0.717, 1.165) is 17.0 Å². The molecule has 1 heterocycles. The molecule has 112 valence electrons. The molecule has 8 heteroatoms. The Bertz CT molecular complexity index is 630. The Hall–Kier alpha value is -1.25.